The zero-order valence-corrected chi connectivity index (χ0v) is 16.6. The second kappa shape index (κ2) is 9.20. The van der Waals surface area contributed by atoms with Crippen molar-refractivity contribution in [3.05, 3.63) is 87.6 Å². The molecule has 0 unspecified atom stereocenters. The summed E-state index contributed by atoms with van der Waals surface area (Å²) in [6, 6.07) is 14.8. The van der Waals surface area contributed by atoms with Crippen molar-refractivity contribution in [3.8, 4) is 17.2 Å². The summed E-state index contributed by atoms with van der Waals surface area (Å²) < 4.78 is 19.6. The molecule has 0 bridgehead atoms. The minimum Gasteiger partial charge on any atom is -0.508 e. The fraction of sp³-hybridized carbons (Fsp3) is 0.0476. The lowest BCUT2D eigenvalue weighted by atomic mass is 10.2. The van der Waals surface area contributed by atoms with Gasteiger partial charge in [-0.05, 0) is 48.0 Å². The first kappa shape index (κ1) is 20.3. The summed E-state index contributed by atoms with van der Waals surface area (Å²) in [6.07, 6.45) is 1.41. The van der Waals surface area contributed by atoms with Gasteiger partial charge < -0.3 is 14.9 Å². The lowest BCUT2D eigenvalue weighted by Crippen LogP contribution is -2.17. The Balaban J connectivity index is 1.70. The molecule has 6 nitrogen and oxygen atoms in total. The predicted octanol–water partition coefficient (Wildman–Crippen LogP) is 4.34. The molecule has 0 aliphatic carbocycles. The van der Waals surface area contributed by atoms with E-state index in [1.807, 2.05) is 0 Å². The molecule has 0 fully saturated rings. The lowest BCUT2D eigenvalue weighted by Gasteiger charge is -2.10. The number of phenolic OH excluding ortho intramolecular Hbond substituents is 2. The average molecular weight is 459 g/mol. The number of halogens is 2. The second-order valence-corrected chi connectivity index (χ2v) is 6.95. The molecule has 3 rings (SSSR count). The maximum Gasteiger partial charge on any atom is 0.271 e. The van der Waals surface area contributed by atoms with Crippen LogP contribution in [0.3, 0.4) is 0 Å². The number of amides is 1. The molecule has 8 heteroatoms. The molecule has 148 valence electrons. The molecule has 0 aliphatic heterocycles. The molecule has 0 radical (unpaired) electrons. The van der Waals surface area contributed by atoms with Gasteiger partial charge >= 0.3 is 0 Å². The third kappa shape index (κ3) is 5.79. The van der Waals surface area contributed by atoms with E-state index in [0.29, 0.717) is 11.3 Å². The molecule has 0 saturated carbocycles. The van der Waals surface area contributed by atoms with Crippen molar-refractivity contribution in [3.63, 3.8) is 0 Å². The molecule has 0 atom stereocenters. The number of phenols is 2. The maximum atomic E-state index is 13.0. The molecule has 3 aromatic rings. The highest BCUT2D eigenvalue weighted by Crippen LogP contribution is 2.23. The number of benzene rings is 3. The van der Waals surface area contributed by atoms with Crippen molar-refractivity contribution in [2.75, 3.05) is 0 Å². The van der Waals surface area contributed by atoms with Crippen LogP contribution in [0.2, 0.25) is 0 Å². The molecule has 3 aromatic carbocycles. The second-order valence-electron chi connectivity index (χ2n) is 6.03. The number of hydrazone groups is 1. The van der Waals surface area contributed by atoms with Crippen molar-refractivity contribution in [1.82, 2.24) is 5.43 Å². The van der Waals surface area contributed by atoms with Crippen LogP contribution in [-0.2, 0) is 6.61 Å². The molecule has 0 aromatic heterocycles. The van der Waals surface area contributed by atoms with Crippen LogP contribution >= 0.6 is 15.9 Å². The number of hydrogen-bond acceptors (Lipinski definition) is 5. The summed E-state index contributed by atoms with van der Waals surface area (Å²) in [7, 11) is 0. The number of nitrogens with one attached hydrogen (secondary N) is 1. The van der Waals surface area contributed by atoms with Crippen molar-refractivity contribution in [1.29, 1.82) is 0 Å². The molecular weight excluding hydrogens is 443 g/mol. The van der Waals surface area contributed by atoms with Gasteiger partial charge in [-0.2, -0.15) is 5.10 Å². The van der Waals surface area contributed by atoms with Gasteiger partial charge in [0.2, 0.25) is 0 Å². The van der Waals surface area contributed by atoms with Crippen molar-refractivity contribution in [2.24, 2.45) is 5.10 Å². The molecular formula is C21H16BrFN2O4. The summed E-state index contributed by atoms with van der Waals surface area (Å²) in [5.74, 6) is -0.868. The highest BCUT2D eigenvalue weighted by molar-refractivity contribution is 9.10. The Hall–Kier alpha value is -3.39. The van der Waals surface area contributed by atoms with E-state index >= 15 is 0 Å². The number of rotatable bonds is 6. The van der Waals surface area contributed by atoms with Crippen LogP contribution in [0.1, 0.15) is 21.5 Å². The van der Waals surface area contributed by atoms with E-state index in [1.165, 1.54) is 30.5 Å². The highest BCUT2D eigenvalue weighted by atomic mass is 79.9. The first-order valence-corrected chi connectivity index (χ1v) is 9.23. The van der Waals surface area contributed by atoms with Gasteiger partial charge in [-0.3, -0.25) is 4.79 Å². The summed E-state index contributed by atoms with van der Waals surface area (Å²) in [5, 5.41) is 22.8. The number of carbonyl (C=O) groups is 1. The molecule has 29 heavy (non-hydrogen) atoms. The van der Waals surface area contributed by atoms with Crippen LogP contribution in [-0.4, -0.2) is 22.3 Å². The summed E-state index contributed by atoms with van der Waals surface area (Å²) in [5.41, 5.74) is 3.78. The van der Waals surface area contributed by atoms with Crippen LogP contribution in [0, 0.1) is 5.82 Å². The van der Waals surface area contributed by atoms with Gasteiger partial charge in [0.05, 0.1) is 6.21 Å². The van der Waals surface area contributed by atoms with Crippen LogP contribution in [0.5, 0.6) is 17.2 Å². The molecule has 3 N–H and O–H groups in total. The smallest absolute Gasteiger partial charge is 0.271 e. The Morgan fingerprint density at radius 2 is 1.76 bits per heavy atom. The summed E-state index contributed by atoms with van der Waals surface area (Å²) >= 11 is 3.37. The van der Waals surface area contributed by atoms with Crippen molar-refractivity contribution in [2.45, 2.75) is 6.61 Å². The van der Waals surface area contributed by atoms with Crippen LogP contribution in [0.15, 0.2) is 70.2 Å². The van der Waals surface area contributed by atoms with Gasteiger partial charge in [0.25, 0.3) is 5.91 Å². The van der Waals surface area contributed by atoms with Gasteiger partial charge in [-0.1, -0.05) is 28.1 Å². The first-order valence-electron chi connectivity index (χ1n) is 8.44. The quantitative estimate of drug-likeness (QED) is 0.378. The number of hydrogen-bond donors (Lipinski definition) is 3. The Bertz CT molecular complexity index is 1030. The molecule has 0 heterocycles. The fourth-order valence-corrected chi connectivity index (χ4v) is 2.82. The van der Waals surface area contributed by atoms with Crippen LogP contribution in [0.25, 0.3) is 0 Å². The summed E-state index contributed by atoms with van der Waals surface area (Å²) in [6.45, 7) is 0.234. The topological polar surface area (TPSA) is 91.2 Å². The third-order valence-corrected chi connectivity index (χ3v) is 4.31. The van der Waals surface area contributed by atoms with Gasteiger partial charge in [0.15, 0.2) is 0 Å². The van der Waals surface area contributed by atoms with Crippen LogP contribution in [0.4, 0.5) is 4.39 Å². The van der Waals surface area contributed by atoms with Gasteiger partial charge in [0, 0.05) is 21.7 Å². The minimum atomic E-state index is -0.601. The zero-order chi connectivity index (χ0) is 20.8. The van der Waals surface area contributed by atoms with E-state index in [0.717, 1.165) is 16.1 Å². The zero-order valence-electron chi connectivity index (χ0n) is 15.0. The molecule has 0 saturated heterocycles. The molecule has 1 amide bonds. The van der Waals surface area contributed by atoms with E-state index in [1.54, 1.807) is 30.3 Å². The fourth-order valence-electron chi connectivity index (χ4n) is 2.44. The Morgan fingerprint density at radius 3 is 2.45 bits per heavy atom. The number of carbonyl (C=O) groups excluding carboxylic acids is 1. The Labute approximate surface area is 174 Å². The Kier molecular flexibility index (Phi) is 6.46. The number of ether oxygens (including phenoxy) is 1. The largest absolute Gasteiger partial charge is 0.508 e. The van der Waals surface area contributed by atoms with Crippen molar-refractivity contribution < 1.29 is 24.1 Å². The predicted molar refractivity (Wildman–Crippen MR) is 110 cm³/mol. The highest BCUT2D eigenvalue weighted by Gasteiger charge is 2.08. The molecule has 0 aliphatic rings. The number of nitrogens with zero attached hydrogens (tertiary/aromatic N) is 1. The Morgan fingerprint density at radius 1 is 1.07 bits per heavy atom. The maximum absolute atomic E-state index is 13.0. The van der Waals surface area contributed by atoms with Crippen molar-refractivity contribution >= 4 is 28.1 Å². The lowest BCUT2D eigenvalue weighted by molar-refractivity contribution is 0.0954. The van der Waals surface area contributed by atoms with E-state index in [4.69, 9.17) is 4.74 Å². The van der Waals surface area contributed by atoms with E-state index in [2.05, 4.69) is 26.5 Å². The van der Waals surface area contributed by atoms with Crippen LogP contribution < -0.4 is 10.2 Å². The average Bonchev–Trinajstić information content (AvgIpc) is 2.68. The summed E-state index contributed by atoms with van der Waals surface area (Å²) in [4.78, 5) is 12.1. The van der Waals surface area contributed by atoms with Gasteiger partial charge in [-0.25, -0.2) is 9.82 Å². The SMILES string of the molecule is O=C(N/N=C/c1cc(Br)ccc1OCc1ccc(F)cc1)c1cc(O)cc(O)c1. The third-order valence-electron chi connectivity index (χ3n) is 3.81. The molecule has 0 spiro atoms. The minimum absolute atomic E-state index is 0.0571. The van der Waals surface area contributed by atoms with Gasteiger partial charge in [0.1, 0.15) is 29.7 Å². The number of aromatic hydroxyl groups is 2. The van der Waals surface area contributed by atoms with Gasteiger partial charge in [-0.15, -0.1) is 0 Å². The first-order chi connectivity index (χ1) is 13.9. The normalized spacial score (nSPS) is 10.8. The van der Waals surface area contributed by atoms with E-state index < -0.39 is 5.91 Å². The van der Waals surface area contributed by atoms with E-state index in [9.17, 15) is 19.4 Å². The monoisotopic (exact) mass is 458 g/mol. The standard InChI is InChI=1S/C21H16BrFN2O4/c22-16-3-6-20(29-12-13-1-4-17(23)5-2-13)15(7-16)11-24-25-21(28)14-8-18(26)10-19(27)9-14/h1-11,26-27H,12H2,(H,25,28)/b24-11+. The van der Waals surface area contributed by atoms with E-state index in [-0.39, 0.29) is 29.5 Å².